The molecule has 0 saturated heterocycles. The molecule has 46 heavy (non-hydrogen) atoms. The Labute approximate surface area is 275 Å². The van der Waals surface area contributed by atoms with Gasteiger partial charge in [0.15, 0.2) is 0 Å². The molecule has 10 nitrogen and oxygen atoms in total. The summed E-state index contributed by atoms with van der Waals surface area (Å²) in [5.74, 6) is -1.20. The van der Waals surface area contributed by atoms with Crippen molar-refractivity contribution < 1.29 is 48.6 Å². The van der Waals surface area contributed by atoms with E-state index >= 15 is 0 Å². The van der Waals surface area contributed by atoms with E-state index in [9.17, 15) is 24.6 Å². The third-order valence-corrected chi connectivity index (χ3v) is 11.4. The Bertz CT molecular complexity index is 926. The van der Waals surface area contributed by atoms with Gasteiger partial charge in [-0.25, -0.2) is 9.78 Å². The van der Waals surface area contributed by atoms with Crippen molar-refractivity contribution in [3.63, 3.8) is 0 Å². The number of hydrogen-bond donors (Lipinski definition) is 2. The fraction of sp³-hybridized carbons (Fsp3) is 0.917. The minimum absolute atomic E-state index is 0.0322. The molecule has 6 unspecified atom stereocenters. The van der Waals surface area contributed by atoms with Crippen molar-refractivity contribution in [2.75, 3.05) is 33.0 Å². The van der Waals surface area contributed by atoms with Crippen LogP contribution in [0.3, 0.4) is 0 Å². The van der Waals surface area contributed by atoms with Crippen LogP contribution in [0.15, 0.2) is 0 Å². The molecule has 0 heterocycles. The van der Waals surface area contributed by atoms with Crippen LogP contribution in [0.5, 0.6) is 0 Å². The number of carbonyl (C=O) groups excluding carboxylic acids is 1. The summed E-state index contributed by atoms with van der Waals surface area (Å²) in [5, 5.41) is 19.0. The molecular formula is C36H60O10. The third-order valence-electron chi connectivity index (χ3n) is 11.4. The highest BCUT2D eigenvalue weighted by atomic mass is 17.2. The standard InChI is InChI=1S/C36H60O10/c1-24-3-13-31(34(37)38)28(21-24)23-44-46-30-11-7-27(8-12-30)16-18-43-20-19-42-17-15-26-5-9-29(10-6-26)45-36(41)33-22-25(2)4-14-32(33)35(39)40/h24-33H,3-23H2,1-2H3,(H,37,38)(H,39,40). The van der Waals surface area contributed by atoms with Gasteiger partial charge in [0.25, 0.3) is 0 Å². The molecule has 6 atom stereocenters. The van der Waals surface area contributed by atoms with Gasteiger partial charge >= 0.3 is 17.9 Å². The van der Waals surface area contributed by atoms with Crippen LogP contribution in [0.2, 0.25) is 0 Å². The lowest BCUT2D eigenvalue weighted by atomic mass is 9.74. The van der Waals surface area contributed by atoms with Gasteiger partial charge in [0.2, 0.25) is 0 Å². The molecule has 4 fully saturated rings. The maximum absolute atomic E-state index is 12.8. The van der Waals surface area contributed by atoms with Crippen molar-refractivity contribution in [3.8, 4) is 0 Å². The molecule has 0 aromatic rings. The summed E-state index contributed by atoms with van der Waals surface area (Å²) in [4.78, 5) is 47.3. The smallest absolute Gasteiger partial charge is 0.310 e. The molecule has 4 aliphatic carbocycles. The van der Waals surface area contributed by atoms with Crippen molar-refractivity contribution in [1.82, 2.24) is 0 Å². The second-order valence-corrected chi connectivity index (χ2v) is 15.0. The van der Waals surface area contributed by atoms with Gasteiger partial charge in [-0.15, -0.1) is 0 Å². The van der Waals surface area contributed by atoms with Gasteiger partial charge in [-0.05, 0) is 132 Å². The molecule has 0 radical (unpaired) electrons. The Hall–Kier alpha value is -1.75. The minimum atomic E-state index is -0.876. The first-order chi connectivity index (χ1) is 22.2. The van der Waals surface area contributed by atoms with Crippen LogP contribution in [0.25, 0.3) is 0 Å². The van der Waals surface area contributed by atoms with Gasteiger partial charge in [0.1, 0.15) is 6.10 Å². The number of carboxylic acid groups (broad SMARTS) is 2. The highest BCUT2D eigenvalue weighted by Gasteiger charge is 2.40. The molecule has 0 amide bonds. The van der Waals surface area contributed by atoms with Crippen molar-refractivity contribution in [1.29, 1.82) is 0 Å². The molecule has 4 rings (SSSR count). The van der Waals surface area contributed by atoms with Crippen LogP contribution in [-0.4, -0.2) is 73.4 Å². The lowest BCUT2D eigenvalue weighted by Gasteiger charge is -2.33. The normalized spacial score (nSPS) is 35.3. The Morgan fingerprint density at radius 2 is 1.11 bits per heavy atom. The van der Waals surface area contributed by atoms with Crippen LogP contribution in [0.1, 0.15) is 117 Å². The summed E-state index contributed by atoms with van der Waals surface area (Å²) in [6.07, 6.45) is 14.5. The minimum Gasteiger partial charge on any atom is -0.481 e. The summed E-state index contributed by atoms with van der Waals surface area (Å²) >= 11 is 0. The number of carboxylic acids is 2. The molecule has 0 bridgehead atoms. The van der Waals surface area contributed by atoms with Crippen molar-refractivity contribution >= 4 is 17.9 Å². The van der Waals surface area contributed by atoms with E-state index in [-0.39, 0.29) is 30.0 Å². The van der Waals surface area contributed by atoms with Crippen molar-refractivity contribution in [3.05, 3.63) is 0 Å². The second-order valence-electron chi connectivity index (χ2n) is 15.0. The van der Waals surface area contributed by atoms with E-state index in [2.05, 4.69) is 13.8 Å². The largest absolute Gasteiger partial charge is 0.481 e. The summed E-state index contributed by atoms with van der Waals surface area (Å²) < 4.78 is 17.5. The van der Waals surface area contributed by atoms with Gasteiger partial charge in [-0.2, -0.15) is 0 Å². The molecule has 2 N–H and O–H groups in total. The first kappa shape index (κ1) is 37.1. The summed E-state index contributed by atoms with van der Waals surface area (Å²) in [5.41, 5.74) is 0. The molecular weight excluding hydrogens is 592 g/mol. The monoisotopic (exact) mass is 652 g/mol. The molecule has 10 heteroatoms. The third kappa shape index (κ3) is 12.0. The van der Waals surface area contributed by atoms with E-state index in [1.807, 2.05) is 0 Å². The van der Waals surface area contributed by atoms with E-state index in [1.54, 1.807) is 0 Å². The molecule has 0 spiro atoms. The van der Waals surface area contributed by atoms with E-state index in [0.29, 0.717) is 62.9 Å². The van der Waals surface area contributed by atoms with Crippen LogP contribution < -0.4 is 0 Å². The van der Waals surface area contributed by atoms with Crippen molar-refractivity contribution in [2.45, 2.75) is 129 Å². The molecule has 4 aliphatic rings. The predicted molar refractivity (Wildman–Crippen MR) is 171 cm³/mol. The zero-order valence-electron chi connectivity index (χ0n) is 28.3. The quantitative estimate of drug-likeness (QED) is 0.0757. The van der Waals surface area contributed by atoms with Crippen LogP contribution in [-0.2, 0) is 38.4 Å². The fourth-order valence-electron chi connectivity index (χ4n) is 8.30. The molecule has 0 aromatic carbocycles. The lowest BCUT2D eigenvalue weighted by Crippen LogP contribution is -2.38. The zero-order valence-corrected chi connectivity index (χ0v) is 28.3. The number of hydrogen-bond acceptors (Lipinski definition) is 8. The molecule has 0 aromatic heterocycles. The fourth-order valence-corrected chi connectivity index (χ4v) is 8.30. The highest BCUT2D eigenvalue weighted by Crippen LogP contribution is 2.37. The first-order valence-electron chi connectivity index (χ1n) is 18.3. The maximum Gasteiger partial charge on any atom is 0.310 e. The van der Waals surface area contributed by atoms with Gasteiger partial charge in [0.05, 0.1) is 43.7 Å². The predicted octanol–water partition coefficient (Wildman–Crippen LogP) is 6.68. The molecule has 0 aliphatic heterocycles. The summed E-state index contributed by atoms with van der Waals surface area (Å²) in [6.45, 7) is 7.28. The zero-order chi connectivity index (χ0) is 32.9. The van der Waals surface area contributed by atoms with Gasteiger partial charge in [0, 0.05) is 13.2 Å². The molecule has 4 saturated carbocycles. The summed E-state index contributed by atoms with van der Waals surface area (Å²) in [7, 11) is 0. The Morgan fingerprint density at radius 3 is 1.67 bits per heavy atom. The number of carbonyl (C=O) groups is 3. The Balaban J connectivity index is 0.957. The Morgan fingerprint density at radius 1 is 0.587 bits per heavy atom. The van der Waals surface area contributed by atoms with E-state index in [4.69, 9.17) is 24.0 Å². The van der Waals surface area contributed by atoms with Gasteiger partial charge in [-0.1, -0.05) is 13.8 Å². The van der Waals surface area contributed by atoms with Crippen LogP contribution >= 0.6 is 0 Å². The van der Waals surface area contributed by atoms with Crippen LogP contribution in [0, 0.1) is 47.3 Å². The molecule has 264 valence electrons. The Kier molecular flexibility index (Phi) is 15.6. The summed E-state index contributed by atoms with van der Waals surface area (Å²) in [6, 6.07) is 0. The van der Waals surface area contributed by atoms with E-state index in [1.165, 1.54) is 0 Å². The number of aliphatic carboxylic acids is 2. The van der Waals surface area contributed by atoms with Gasteiger partial charge < -0.3 is 24.4 Å². The average Bonchev–Trinajstić information content (AvgIpc) is 3.03. The maximum atomic E-state index is 12.8. The number of esters is 1. The first-order valence-corrected chi connectivity index (χ1v) is 18.3. The van der Waals surface area contributed by atoms with Crippen LogP contribution in [0.4, 0.5) is 0 Å². The van der Waals surface area contributed by atoms with Gasteiger partial charge in [-0.3, -0.25) is 14.4 Å². The average molecular weight is 653 g/mol. The van der Waals surface area contributed by atoms with Crippen molar-refractivity contribution in [2.24, 2.45) is 47.3 Å². The SMILES string of the molecule is CC1CCC(C(=O)O)C(COOC2CCC(CCOCCOCCC3CCC(OC(=O)C4CC(C)CCC4C(=O)O)CC3)CC2)C1. The highest BCUT2D eigenvalue weighted by molar-refractivity contribution is 5.81. The van der Waals surface area contributed by atoms with E-state index < -0.39 is 23.8 Å². The lowest BCUT2D eigenvalue weighted by molar-refractivity contribution is -0.337. The second kappa shape index (κ2) is 19.3. The van der Waals surface area contributed by atoms with E-state index in [0.717, 1.165) is 96.5 Å². The number of rotatable bonds is 17. The topological polar surface area (TPSA) is 138 Å². The number of ether oxygens (including phenoxy) is 3.